The lowest BCUT2D eigenvalue weighted by Gasteiger charge is -2.10. The first-order valence-electron chi connectivity index (χ1n) is 6.54. The van der Waals surface area contributed by atoms with Crippen molar-refractivity contribution in [2.24, 2.45) is 11.5 Å². The molecule has 0 saturated carbocycles. The quantitative estimate of drug-likeness (QED) is 0.561. The van der Waals surface area contributed by atoms with E-state index in [0.717, 1.165) is 5.56 Å². The number of ether oxygens (including phenoxy) is 1. The monoisotopic (exact) mass is 330 g/mol. The predicted molar refractivity (Wildman–Crippen MR) is 85.4 cm³/mol. The van der Waals surface area contributed by atoms with Crippen molar-refractivity contribution in [3.05, 3.63) is 34.3 Å². The van der Waals surface area contributed by atoms with Gasteiger partial charge in [0.2, 0.25) is 5.91 Å². The van der Waals surface area contributed by atoms with Gasteiger partial charge in [0.05, 0.1) is 6.61 Å². The first kappa shape index (κ1) is 17.8. The Bertz CT molecular complexity index is 511. The molecule has 1 atom stereocenters. The van der Waals surface area contributed by atoms with Crippen molar-refractivity contribution >= 4 is 35.2 Å². The van der Waals surface area contributed by atoms with Gasteiger partial charge in [-0.15, -0.1) is 0 Å². The SMILES string of the molecule is CCOC(=O)C(N)CCSCc1ccc(C(N)=O)cc1Cl. The molecule has 4 N–H and O–H groups in total. The van der Waals surface area contributed by atoms with Gasteiger partial charge in [0, 0.05) is 16.3 Å². The molecule has 1 aromatic rings. The maximum absolute atomic E-state index is 11.3. The fraction of sp³-hybridized carbons (Fsp3) is 0.429. The maximum atomic E-state index is 11.3. The van der Waals surface area contributed by atoms with Crippen molar-refractivity contribution < 1.29 is 14.3 Å². The van der Waals surface area contributed by atoms with E-state index >= 15 is 0 Å². The standard InChI is InChI=1S/C14H19ClN2O3S/c1-2-20-14(19)12(16)5-6-21-8-10-4-3-9(13(17)18)7-11(10)15/h3-4,7,12H,2,5-6,8,16H2,1H3,(H2,17,18). The molecule has 0 heterocycles. The molecule has 0 aliphatic carbocycles. The van der Waals surface area contributed by atoms with Crippen LogP contribution >= 0.6 is 23.4 Å². The van der Waals surface area contributed by atoms with Crippen molar-refractivity contribution in [3.63, 3.8) is 0 Å². The van der Waals surface area contributed by atoms with E-state index in [4.69, 9.17) is 27.8 Å². The second-order valence-corrected chi connectivity index (χ2v) is 5.88. The van der Waals surface area contributed by atoms with Crippen LogP contribution in [0.15, 0.2) is 18.2 Å². The Morgan fingerprint density at radius 3 is 2.71 bits per heavy atom. The van der Waals surface area contributed by atoms with Crippen LogP contribution in [0.5, 0.6) is 0 Å². The van der Waals surface area contributed by atoms with Crippen LogP contribution in [0.1, 0.15) is 29.3 Å². The third-order valence-electron chi connectivity index (χ3n) is 2.76. The summed E-state index contributed by atoms with van der Waals surface area (Å²) in [6, 6.07) is 4.39. The van der Waals surface area contributed by atoms with E-state index in [0.29, 0.717) is 35.1 Å². The van der Waals surface area contributed by atoms with Gasteiger partial charge < -0.3 is 16.2 Å². The van der Waals surface area contributed by atoms with Gasteiger partial charge in [-0.3, -0.25) is 9.59 Å². The van der Waals surface area contributed by atoms with Gasteiger partial charge in [-0.05, 0) is 36.8 Å². The highest BCUT2D eigenvalue weighted by Crippen LogP contribution is 2.23. The minimum absolute atomic E-state index is 0.335. The van der Waals surface area contributed by atoms with Crippen LogP contribution in [0, 0.1) is 0 Å². The summed E-state index contributed by atoms with van der Waals surface area (Å²) in [4.78, 5) is 22.4. The number of halogens is 1. The van der Waals surface area contributed by atoms with E-state index in [1.807, 2.05) is 0 Å². The number of nitrogens with two attached hydrogens (primary N) is 2. The fourth-order valence-corrected chi connectivity index (χ4v) is 2.94. The Balaban J connectivity index is 2.39. The van der Waals surface area contributed by atoms with Crippen molar-refractivity contribution in [3.8, 4) is 0 Å². The molecule has 5 nitrogen and oxygen atoms in total. The fourth-order valence-electron chi connectivity index (χ4n) is 1.58. The van der Waals surface area contributed by atoms with E-state index in [1.165, 1.54) is 0 Å². The molecule has 1 unspecified atom stereocenters. The number of carbonyl (C=O) groups excluding carboxylic acids is 2. The van der Waals surface area contributed by atoms with Crippen molar-refractivity contribution in [2.45, 2.75) is 25.1 Å². The normalized spacial score (nSPS) is 12.0. The highest BCUT2D eigenvalue weighted by atomic mass is 35.5. The molecule has 0 aliphatic rings. The number of primary amides is 1. The summed E-state index contributed by atoms with van der Waals surface area (Å²) in [7, 11) is 0. The second-order valence-electron chi connectivity index (χ2n) is 4.37. The average Bonchev–Trinajstić information content (AvgIpc) is 2.44. The highest BCUT2D eigenvalue weighted by Gasteiger charge is 2.14. The number of hydrogen-bond donors (Lipinski definition) is 2. The number of amides is 1. The third kappa shape index (κ3) is 5.95. The van der Waals surface area contributed by atoms with Crippen molar-refractivity contribution in [2.75, 3.05) is 12.4 Å². The van der Waals surface area contributed by atoms with E-state index in [-0.39, 0.29) is 5.97 Å². The largest absolute Gasteiger partial charge is 0.465 e. The van der Waals surface area contributed by atoms with Gasteiger partial charge >= 0.3 is 5.97 Å². The van der Waals surface area contributed by atoms with Crippen molar-refractivity contribution in [1.29, 1.82) is 0 Å². The Morgan fingerprint density at radius 2 is 2.14 bits per heavy atom. The number of hydrogen-bond acceptors (Lipinski definition) is 5. The zero-order valence-electron chi connectivity index (χ0n) is 11.8. The summed E-state index contributed by atoms with van der Waals surface area (Å²) in [5.41, 5.74) is 12.2. The molecule has 21 heavy (non-hydrogen) atoms. The summed E-state index contributed by atoms with van der Waals surface area (Å²) in [6.45, 7) is 2.08. The minimum Gasteiger partial charge on any atom is -0.465 e. The first-order chi connectivity index (χ1) is 9.95. The molecule has 0 saturated heterocycles. The number of thioether (sulfide) groups is 1. The smallest absolute Gasteiger partial charge is 0.322 e. The Hall–Kier alpha value is -1.24. The number of rotatable bonds is 8. The van der Waals surface area contributed by atoms with Gasteiger partial charge in [-0.25, -0.2) is 0 Å². The zero-order valence-corrected chi connectivity index (χ0v) is 13.4. The molecule has 0 aliphatic heterocycles. The van der Waals surface area contributed by atoms with E-state index < -0.39 is 11.9 Å². The summed E-state index contributed by atoms with van der Waals surface area (Å²) in [5.74, 6) is 0.514. The summed E-state index contributed by atoms with van der Waals surface area (Å²) < 4.78 is 4.84. The Morgan fingerprint density at radius 1 is 1.43 bits per heavy atom. The lowest BCUT2D eigenvalue weighted by molar-refractivity contribution is -0.144. The molecule has 0 fully saturated rings. The molecule has 116 valence electrons. The highest BCUT2D eigenvalue weighted by molar-refractivity contribution is 7.98. The molecule has 1 aromatic carbocycles. The van der Waals surface area contributed by atoms with Gasteiger partial charge in [-0.2, -0.15) is 11.8 Å². The molecule has 0 bridgehead atoms. The molecule has 0 aromatic heterocycles. The molecule has 0 radical (unpaired) electrons. The van der Waals surface area contributed by atoms with Crippen LogP contribution in [-0.2, 0) is 15.3 Å². The van der Waals surface area contributed by atoms with E-state index in [2.05, 4.69) is 0 Å². The number of esters is 1. The van der Waals surface area contributed by atoms with E-state index in [1.54, 1.807) is 36.9 Å². The van der Waals surface area contributed by atoms with Crippen LogP contribution in [0.25, 0.3) is 0 Å². The Kier molecular flexibility index (Phi) is 7.56. The Labute approximate surface area is 133 Å². The summed E-state index contributed by atoms with van der Waals surface area (Å²) in [6.07, 6.45) is 0.542. The maximum Gasteiger partial charge on any atom is 0.322 e. The third-order valence-corrected chi connectivity index (χ3v) is 4.15. The lowest BCUT2D eigenvalue weighted by Crippen LogP contribution is -2.32. The van der Waals surface area contributed by atoms with E-state index in [9.17, 15) is 9.59 Å². The molecule has 1 rings (SSSR count). The lowest BCUT2D eigenvalue weighted by atomic mass is 10.1. The van der Waals surface area contributed by atoms with Crippen LogP contribution in [-0.4, -0.2) is 30.3 Å². The van der Waals surface area contributed by atoms with Gasteiger partial charge in [0.25, 0.3) is 0 Å². The van der Waals surface area contributed by atoms with Gasteiger partial charge in [0.15, 0.2) is 0 Å². The van der Waals surface area contributed by atoms with Crippen molar-refractivity contribution in [1.82, 2.24) is 0 Å². The molecular formula is C14H19ClN2O3S. The van der Waals surface area contributed by atoms with Crippen LogP contribution in [0.3, 0.4) is 0 Å². The second kappa shape index (κ2) is 8.92. The molecule has 7 heteroatoms. The summed E-state index contributed by atoms with van der Waals surface area (Å²) >= 11 is 7.70. The van der Waals surface area contributed by atoms with Crippen LogP contribution < -0.4 is 11.5 Å². The molecular weight excluding hydrogens is 312 g/mol. The summed E-state index contributed by atoms with van der Waals surface area (Å²) in [5, 5.41) is 0.508. The first-order valence-corrected chi connectivity index (χ1v) is 8.07. The molecule has 0 spiro atoms. The van der Waals surface area contributed by atoms with Crippen LogP contribution in [0.4, 0.5) is 0 Å². The zero-order chi connectivity index (χ0) is 15.8. The predicted octanol–water partition coefficient (Wildman–Crippen LogP) is 1.95. The topological polar surface area (TPSA) is 95.4 Å². The average molecular weight is 331 g/mol. The van der Waals surface area contributed by atoms with Gasteiger partial charge in [0.1, 0.15) is 6.04 Å². The number of benzene rings is 1. The van der Waals surface area contributed by atoms with Crippen LogP contribution in [0.2, 0.25) is 5.02 Å². The van der Waals surface area contributed by atoms with Gasteiger partial charge in [-0.1, -0.05) is 17.7 Å². The number of carbonyl (C=O) groups is 2. The molecule has 1 amide bonds. The minimum atomic E-state index is -0.592.